The van der Waals surface area contributed by atoms with Gasteiger partial charge in [0.1, 0.15) is 15.9 Å². The molecule has 0 atom stereocenters. The van der Waals surface area contributed by atoms with Crippen LogP contribution < -0.4 is 11.5 Å². The number of hydrogen-bond acceptors (Lipinski definition) is 4. The molecular formula is C16H15BrN4O2. The molecule has 0 saturated carbocycles. The van der Waals surface area contributed by atoms with Crippen molar-refractivity contribution in [1.82, 2.24) is 9.38 Å². The molecule has 1 aromatic carbocycles. The molecule has 0 radical (unpaired) electrons. The van der Waals surface area contributed by atoms with Crippen molar-refractivity contribution in [2.45, 2.75) is 13.8 Å². The van der Waals surface area contributed by atoms with Gasteiger partial charge >= 0.3 is 0 Å². The van der Waals surface area contributed by atoms with Crippen LogP contribution in [0.4, 0.5) is 5.69 Å². The largest absolute Gasteiger partial charge is 0.508 e. The van der Waals surface area contributed by atoms with E-state index in [1.54, 1.807) is 35.9 Å². The summed E-state index contributed by atoms with van der Waals surface area (Å²) in [6.45, 7) is 3.72. The number of rotatable bonds is 2. The number of pyridine rings is 1. The zero-order valence-corrected chi connectivity index (χ0v) is 14.2. The Hall–Kier alpha value is -2.54. The smallest absolute Gasteiger partial charge is 0.254 e. The molecule has 3 rings (SSSR count). The van der Waals surface area contributed by atoms with Crippen LogP contribution in [-0.2, 0) is 0 Å². The first-order chi connectivity index (χ1) is 10.8. The van der Waals surface area contributed by atoms with E-state index in [2.05, 4.69) is 20.9 Å². The molecule has 23 heavy (non-hydrogen) atoms. The van der Waals surface area contributed by atoms with Crippen LogP contribution >= 0.6 is 15.9 Å². The first-order valence-corrected chi connectivity index (χ1v) is 7.66. The number of benzene rings is 1. The van der Waals surface area contributed by atoms with E-state index in [-0.39, 0.29) is 17.0 Å². The lowest BCUT2D eigenvalue weighted by atomic mass is 9.93. The summed E-state index contributed by atoms with van der Waals surface area (Å²) in [5, 5.41) is 10.0. The number of carbonyl (C=O) groups is 1. The summed E-state index contributed by atoms with van der Waals surface area (Å²) in [7, 11) is 0. The SMILES string of the molecule is Cc1ccc(O)c(C)c1-c1cn2cc(Br)nc2c(C(N)=O)c1N. The number of primary amides is 1. The fourth-order valence-electron chi connectivity index (χ4n) is 2.80. The van der Waals surface area contributed by atoms with Gasteiger partial charge in [-0.3, -0.25) is 4.79 Å². The highest BCUT2D eigenvalue weighted by atomic mass is 79.9. The summed E-state index contributed by atoms with van der Waals surface area (Å²) in [5.74, 6) is -0.486. The minimum absolute atomic E-state index is 0.162. The number of halogens is 1. The van der Waals surface area contributed by atoms with Gasteiger partial charge in [-0.25, -0.2) is 4.98 Å². The minimum Gasteiger partial charge on any atom is -0.508 e. The van der Waals surface area contributed by atoms with Crippen molar-refractivity contribution >= 4 is 33.2 Å². The molecule has 0 unspecified atom stereocenters. The number of phenols is 1. The molecular weight excluding hydrogens is 360 g/mol. The number of hydrogen-bond donors (Lipinski definition) is 3. The third-order valence-electron chi connectivity index (χ3n) is 3.91. The van der Waals surface area contributed by atoms with E-state index in [4.69, 9.17) is 11.5 Å². The van der Waals surface area contributed by atoms with Gasteiger partial charge in [0.2, 0.25) is 0 Å². The maximum Gasteiger partial charge on any atom is 0.254 e. The Bertz CT molecular complexity index is 963. The van der Waals surface area contributed by atoms with E-state index in [9.17, 15) is 9.90 Å². The number of fused-ring (bicyclic) bond motifs is 1. The Morgan fingerprint density at radius 1 is 1.30 bits per heavy atom. The van der Waals surface area contributed by atoms with E-state index >= 15 is 0 Å². The van der Waals surface area contributed by atoms with Crippen molar-refractivity contribution in [3.63, 3.8) is 0 Å². The number of phenolic OH excluding ortho intramolecular Hbond substituents is 1. The lowest BCUT2D eigenvalue weighted by Crippen LogP contribution is -2.16. The van der Waals surface area contributed by atoms with Crippen LogP contribution in [-0.4, -0.2) is 20.4 Å². The standard InChI is InChI=1S/C16H15BrN4O2/c1-7-3-4-10(22)8(2)12(7)9-5-21-6-11(17)20-16(21)13(14(9)18)15(19)23/h3-6,22H,18H2,1-2H3,(H2,19,23). The minimum atomic E-state index is -0.650. The molecule has 6 nitrogen and oxygen atoms in total. The summed E-state index contributed by atoms with van der Waals surface area (Å²) in [5.41, 5.74) is 15.6. The normalized spacial score (nSPS) is 11.1. The first kappa shape index (κ1) is 15.4. The number of anilines is 1. The van der Waals surface area contributed by atoms with Gasteiger partial charge < -0.3 is 21.0 Å². The van der Waals surface area contributed by atoms with E-state index in [0.717, 1.165) is 11.1 Å². The third kappa shape index (κ3) is 2.33. The first-order valence-electron chi connectivity index (χ1n) is 6.87. The lowest BCUT2D eigenvalue weighted by molar-refractivity contribution is 0.100. The number of imidazole rings is 1. The van der Waals surface area contributed by atoms with Crippen LogP contribution in [0.25, 0.3) is 16.8 Å². The molecule has 5 N–H and O–H groups in total. The van der Waals surface area contributed by atoms with E-state index < -0.39 is 5.91 Å². The molecule has 0 aliphatic rings. The van der Waals surface area contributed by atoms with Crippen molar-refractivity contribution in [3.8, 4) is 16.9 Å². The van der Waals surface area contributed by atoms with Crippen molar-refractivity contribution in [1.29, 1.82) is 0 Å². The molecule has 2 aromatic heterocycles. The highest BCUT2D eigenvalue weighted by Gasteiger charge is 2.21. The van der Waals surface area contributed by atoms with Crippen molar-refractivity contribution in [2.24, 2.45) is 5.73 Å². The van der Waals surface area contributed by atoms with Crippen LogP contribution in [0.15, 0.2) is 29.1 Å². The predicted octanol–water partition coefficient (Wildman–Crippen LogP) is 2.77. The van der Waals surface area contributed by atoms with Crippen LogP contribution in [0.1, 0.15) is 21.5 Å². The maximum absolute atomic E-state index is 11.9. The van der Waals surface area contributed by atoms with Gasteiger partial charge in [-0.05, 0) is 52.5 Å². The topological polar surface area (TPSA) is 107 Å². The zero-order chi connectivity index (χ0) is 16.9. The van der Waals surface area contributed by atoms with Crippen molar-refractivity contribution in [2.75, 3.05) is 5.73 Å². The molecule has 0 spiro atoms. The predicted molar refractivity (Wildman–Crippen MR) is 92.4 cm³/mol. The summed E-state index contributed by atoms with van der Waals surface area (Å²) < 4.78 is 2.26. The van der Waals surface area contributed by atoms with Gasteiger partial charge in [0, 0.05) is 18.0 Å². The molecule has 0 aliphatic carbocycles. The number of nitrogen functional groups attached to an aromatic ring is 1. The molecule has 2 heterocycles. The number of carbonyl (C=O) groups excluding carboxylic acids is 1. The van der Waals surface area contributed by atoms with Gasteiger partial charge in [-0.15, -0.1) is 0 Å². The van der Waals surface area contributed by atoms with Gasteiger partial charge in [0.25, 0.3) is 5.91 Å². The van der Waals surface area contributed by atoms with Crippen molar-refractivity contribution in [3.05, 3.63) is 45.8 Å². The summed E-state index contributed by atoms with van der Waals surface area (Å²) >= 11 is 3.29. The van der Waals surface area contributed by atoms with E-state index in [1.807, 2.05) is 6.92 Å². The number of nitrogens with two attached hydrogens (primary N) is 2. The Balaban J connectivity index is 2.46. The average Bonchev–Trinajstić information content (AvgIpc) is 2.83. The number of aromatic hydroxyl groups is 1. The molecule has 3 aromatic rings. The van der Waals surface area contributed by atoms with E-state index in [1.165, 1.54) is 0 Å². The fraction of sp³-hybridized carbons (Fsp3) is 0.125. The Morgan fingerprint density at radius 2 is 2.00 bits per heavy atom. The van der Waals surface area contributed by atoms with Gasteiger partial charge in [-0.1, -0.05) is 6.07 Å². The second-order valence-electron chi connectivity index (χ2n) is 5.39. The summed E-state index contributed by atoms with van der Waals surface area (Å²) in [4.78, 5) is 16.1. The highest BCUT2D eigenvalue weighted by Crippen LogP contribution is 2.38. The Morgan fingerprint density at radius 3 is 2.65 bits per heavy atom. The average molecular weight is 375 g/mol. The summed E-state index contributed by atoms with van der Waals surface area (Å²) in [6.07, 6.45) is 3.50. The van der Waals surface area contributed by atoms with Crippen LogP contribution in [0.2, 0.25) is 0 Å². The van der Waals surface area contributed by atoms with Gasteiger partial charge in [-0.2, -0.15) is 0 Å². The monoisotopic (exact) mass is 374 g/mol. The molecule has 0 aliphatic heterocycles. The molecule has 0 saturated heterocycles. The Kier molecular flexibility index (Phi) is 3.52. The number of aromatic nitrogens is 2. The van der Waals surface area contributed by atoms with Crippen LogP contribution in [0.5, 0.6) is 5.75 Å². The van der Waals surface area contributed by atoms with Crippen LogP contribution in [0, 0.1) is 13.8 Å². The third-order valence-corrected chi connectivity index (χ3v) is 4.30. The van der Waals surface area contributed by atoms with E-state index in [0.29, 0.717) is 21.4 Å². The van der Waals surface area contributed by atoms with Gasteiger partial charge in [0.05, 0.1) is 5.69 Å². The number of nitrogens with zero attached hydrogens (tertiary/aromatic N) is 2. The van der Waals surface area contributed by atoms with Gasteiger partial charge in [0.15, 0.2) is 5.65 Å². The quantitative estimate of drug-likeness (QED) is 0.640. The molecule has 7 heteroatoms. The molecule has 0 bridgehead atoms. The number of aryl methyl sites for hydroxylation is 1. The molecule has 118 valence electrons. The lowest BCUT2D eigenvalue weighted by Gasteiger charge is -2.16. The molecule has 1 amide bonds. The fourth-order valence-corrected chi connectivity index (χ4v) is 3.19. The second-order valence-corrected chi connectivity index (χ2v) is 6.20. The van der Waals surface area contributed by atoms with Crippen LogP contribution in [0.3, 0.4) is 0 Å². The van der Waals surface area contributed by atoms with Crippen molar-refractivity contribution < 1.29 is 9.90 Å². The Labute approximate surface area is 140 Å². The number of amides is 1. The summed E-state index contributed by atoms with van der Waals surface area (Å²) in [6, 6.07) is 3.43. The second kappa shape index (κ2) is 5.27. The maximum atomic E-state index is 11.9. The molecule has 0 fully saturated rings. The zero-order valence-electron chi connectivity index (χ0n) is 12.6. The highest BCUT2D eigenvalue weighted by molar-refractivity contribution is 9.10.